The molecular formula is Au3Cl3. The van der Waals surface area contributed by atoms with Crippen LogP contribution in [0.4, 0.5) is 0 Å². The van der Waals surface area contributed by atoms with E-state index in [1.165, 1.54) is 0 Å². The minimum atomic E-state index is 0. The molecule has 6 heavy (non-hydrogen) atoms. The summed E-state index contributed by atoms with van der Waals surface area (Å²) in [5, 5.41) is 0. The second kappa shape index (κ2) is 42.6. The van der Waals surface area contributed by atoms with Crippen LogP contribution in [0.5, 0.6) is 0 Å². The zero-order valence-electron chi connectivity index (χ0n) is 2.04. The molecule has 0 heterocycles. The van der Waals surface area contributed by atoms with Crippen molar-refractivity contribution in [2.75, 3.05) is 0 Å². The quantitative estimate of drug-likeness (QED) is 0.221. The van der Waals surface area contributed by atoms with Crippen LogP contribution < -0.4 is 37.2 Å². The number of rotatable bonds is 0. The van der Waals surface area contributed by atoms with Gasteiger partial charge in [0.1, 0.15) is 0 Å². The first-order valence-corrected chi connectivity index (χ1v) is 0. The zero-order chi connectivity index (χ0) is 0. The van der Waals surface area contributed by atoms with Gasteiger partial charge in [0.25, 0.3) is 0 Å². The normalized spacial score (nSPS) is 0. The Morgan fingerprint density at radius 1 is 0.333 bits per heavy atom. The monoisotopic (exact) mass is 696 g/mol. The predicted molar refractivity (Wildman–Crippen MR) is 0 cm³/mol. The first kappa shape index (κ1) is 62.3. The Hall–Kier alpha value is 3.09. The number of hydrogen-bond acceptors (Lipinski definition) is 0. The fourth-order valence-electron chi connectivity index (χ4n) is 0. The second-order valence-corrected chi connectivity index (χ2v) is 0. The van der Waals surface area contributed by atoms with E-state index in [1.54, 1.807) is 0 Å². The number of halogens is 3. The predicted octanol–water partition coefficient (Wildman–Crippen LogP) is -9.00. The third-order valence-corrected chi connectivity index (χ3v) is 0. The molecule has 6 heteroatoms. The van der Waals surface area contributed by atoms with Crippen LogP contribution in [-0.4, -0.2) is 0 Å². The van der Waals surface area contributed by atoms with Crippen LogP contribution in [0.15, 0.2) is 0 Å². The van der Waals surface area contributed by atoms with Crippen molar-refractivity contribution in [2.24, 2.45) is 0 Å². The van der Waals surface area contributed by atoms with Crippen molar-refractivity contribution in [2.45, 2.75) is 0 Å². The first-order valence-electron chi connectivity index (χ1n) is 0. The molecular weight excluding hydrogens is 697 g/mol. The minimum absolute atomic E-state index is 0. The molecule has 0 fully saturated rings. The first-order chi connectivity index (χ1) is 0. The van der Waals surface area contributed by atoms with Gasteiger partial charge in [0.2, 0.25) is 0 Å². The van der Waals surface area contributed by atoms with E-state index in [0.29, 0.717) is 0 Å². The summed E-state index contributed by atoms with van der Waals surface area (Å²) in [4.78, 5) is 0. The molecule has 0 rings (SSSR count). The zero-order valence-corrected chi connectivity index (χ0v) is 10.8. The molecule has 0 aliphatic carbocycles. The summed E-state index contributed by atoms with van der Waals surface area (Å²) in [6, 6.07) is 0. The van der Waals surface area contributed by atoms with Crippen molar-refractivity contribution in [3.63, 3.8) is 0 Å². The molecule has 0 spiro atoms. The van der Waals surface area contributed by atoms with Crippen LogP contribution in [-0.2, 0) is 67.1 Å². The summed E-state index contributed by atoms with van der Waals surface area (Å²) in [7, 11) is 0. The van der Waals surface area contributed by atoms with Crippen LogP contribution in [0.1, 0.15) is 0 Å². The molecule has 0 aliphatic rings. The van der Waals surface area contributed by atoms with Crippen molar-refractivity contribution in [1.82, 2.24) is 0 Å². The van der Waals surface area contributed by atoms with Gasteiger partial charge in [-0.15, -0.1) is 0 Å². The van der Waals surface area contributed by atoms with Gasteiger partial charge in [-0.05, 0) is 0 Å². The van der Waals surface area contributed by atoms with Crippen molar-refractivity contribution in [1.29, 1.82) is 0 Å². The standard InChI is InChI=1S/3Au.3ClH/h;;;3*1H/q3*+1;;;/p-3. The molecule has 0 nitrogen and oxygen atoms in total. The fourth-order valence-corrected chi connectivity index (χ4v) is 0. The maximum absolute atomic E-state index is 0. The van der Waals surface area contributed by atoms with E-state index in [4.69, 9.17) is 0 Å². The van der Waals surface area contributed by atoms with Gasteiger partial charge in [-0.1, -0.05) is 0 Å². The Labute approximate surface area is 103 Å². The molecule has 0 radical (unpaired) electrons. The summed E-state index contributed by atoms with van der Waals surface area (Å²) < 4.78 is 0. The third-order valence-electron chi connectivity index (χ3n) is 0. The van der Waals surface area contributed by atoms with Gasteiger partial charge in [-0.2, -0.15) is 0 Å². The molecule has 0 aromatic heterocycles. The third kappa shape index (κ3) is 27.5. The molecule has 54 valence electrons. The van der Waals surface area contributed by atoms with E-state index in [9.17, 15) is 0 Å². The molecule has 0 bridgehead atoms. The van der Waals surface area contributed by atoms with E-state index in [-0.39, 0.29) is 104 Å². The molecule has 0 aliphatic heterocycles. The summed E-state index contributed by atoms with van der Waals surface area (Å²) in [6.45, 7) is 0. The van der Waals surface area contributed by atoms with Crippen molar-refractivity contribution < 1.29 is 104 Å². The molecule has 0 saturated heterocycles. The molecule has 0 saturated carbocycles. The average molecular weight is 697 g/mol. The van der Waals surface area contributed by atoms with Crippen molar-refractivity contribution >= 4 is 0 Å². The van der Waals surface area contributed by atoms with Crippen molar-refractivity contribution in [3.8, 4) is 0 Å². The Morgan fingerprint density at radius 3 is 0.333 bits per heavy atom. The van der Waals surface area contributed by atoms with E-state index >= 15 is 0 Å². The van der Waals surface area contributed by atoms with Gasteiger partial charge in [-0.25, -0.2) is 0 Å². The van der Waals surface area contributed by atoms with E-state index in [1.807, 2.05) is 0 Å². The Bertz CT molecular complexity index is 6.00. The largest absolute Gasteiger partial charge is 1.00 e. The van der Waals surface area contributed by atoms with Gasteiger partial charge < -0.3 is 37.2 Å². The minimum Gasteiger partial charge on any atom is -1.00 e. The topological polar surface area (TPSA) is 0 Å². The van der Waals surface area contributed by atoms with Crippen LogP contribution in [0, 0.1) is 0 Å². The average Bonchev–Trinajstić information content (AvgIpc) is 0. The van der Waals surface area contributed by atoms with Crippen LogP contribution in [0.3, 0.4) is 0 Å². The Balaban J connectivity index is 0. The van der Waals surface area contributed by atoms with E-state index in [0.717, 1.165) is 0 Å². The molecule has 0 aromatic rings. The van der Waals surface area contributed by atoms with Gasteiger partial charge >= 0.3 is 67.1 Å². The maximum Gasteiger partial charge on any atom is 1.00 e. The Kier molecular flexibility index (Phi) is 442. The van der Waals surface area contributed by atoms with Gasteiger partial charge in [0.15, 0.2) is 0 Å². The Morgan fingerprint density at radius 2 is 0.333 bits per heavy atom. The van der Waals surface area contributed by atoms with Crippen molar-refractivity contribution in [3.05, 3.63) is 0 Å². The van der Waals surface area contributed by atoms with E-state index in [2.05, 4.69) is 0 Å². The molecule has 0 atom stereocenters. The fraction of sp³-hybridized carbons (Fsp3) is 0. The molecule has 0 amide bonds. The van der Waals surface area contributed by atoms with E-state index < -0.39 is 0 Å². The summed E-state index contributed by atoms with van der Waals surface area (Å²) >= 11 is 0. The van der Waals surface area contributed by atoms with Gasteiger partial charge in [0, 0.05) is 0 Å². The van der Waals surface area contributed by atoms with Crippen LogP contribution >= 0.6 is 0 Å². The SMILES string of the molecule is [Au+].[Au+].[Au+].[Cl-].[Cl-].[Cl-]. The van der Waals surface area contributed by atoms with Gasteiger partial charge in [-0.3, -0.25) is 0 Å². The summed E-state index contributed by atoms with van der Waals surface area (Å²) in [5.41, 5.74) is 0. The number of hydrogen-bond donors (Lipinski definition) is 0. The molecule has 0 aromatic carbocycles. The van der Waals surface area contributed by atoms with Crippen LogP contribution in [0.2, 0.25) is 0 Å². The van der Waals surface area contributed by atoms with Gasteiger partial charge in [0.05, 0.1) is 0 Å². The summed E-state index contributed by atoms with van der Waals surface area (Å²) in [6.07, 6.45) is 0. The molecule has 0 unspecified atom stereocenters. The summed E-state index contributed by atoms with van der Waals surface area (Å²) in [5.74, 6) is 0. The molecule has 0 N–H and O–H groups in total. The smallest absolute Gasteiger partial charge is 1.00 e. The maximum atomic E-state index is 0. The van der Waals surface area contributed by atoms with Crippen LogP contribution in [0.25, 0.3) is 0 Å². The second-order valence-electron chi connectivity index (χ2n) is 0.